The molecule has 31 heavy (non-hydrogen) atoms. The number of fused-ring (bicyclic) bond motifs is 1. The fourth-order valence-electron chi connectivity index (χ4n) is 3.36. The summed E-state index contributed by atoms with van der Waals surface area (Å²) >= 11 is 6.06. The molecular formula is C23H20ClN5O2. The number of hydrogen-bond acceptors (Lipinski definition) is 4. The van der Waals surface area contributed by atoms with Crippen LogP contribution in [0.3, 0.4) is 0 Å². The van der Waals surface area contributed by atoms with Gasteiger partial charge in [-0.3, -0.25) is 19.7 Å². The summed E-state index contributed by atoms with van der Waals surface area (Å²) in [6, 6.07) is 14.9. The smallest absolute Gasteiger partial charge is 0.253 e. The third kappa shape index (κ3) is 5.07. The molecule has 156 valence electrons. The van der Waals surface area contributed by atoms with Gasteiger partial charge in [0.2, 0.25) is 5.91 Å². The number of carbonyl (C=O) groups excluding carboxylic acids is 2. The number of carbonyl (C=O) groups is 2. The van der Waals surface area contributed by atoms with Crippen LogP contribution < -0.4 is 11.1 Å². The molecule has 4 rings (SSSR count). The minimum atomic E-state index is -0.360. The number of H-pyrrole nitrogens is 1. The lowest BCUT2D eigenvalue weighted by Crippen LogP contribution is -2.23. The lowest BCUT2D eigenvalue weighted by Gasteiger charge is -2.07. The number of aromatic nitrogens is 3. The van der Waals surface area contributed by atoms with Crippen LogP contribution in [0.25, 0.3) is 10.9 Å². The number of pyridine rings is 1. The first-order valence-electron chi connectivity index (χ1n) is 9.68. The van der Waals surface area contributed by atoms with Crippen LogP contribution in [0.1, 0.15) is 32.7 Å². The molecule has 0 fully saturated rings. The van der Waals surface area contributed by atoms with Gasteiger partial charge < -0.3 is 11.1 Å². The number of nitrogens with two attached hydrogens (primary N) is 1. The van der Waals surface area contributed by atoms with E-state index in [1.165, 1.54) is 6.20 Å². The Bertz CT molecular complexity index is 1250. The van der Waals surface area contributed by atoms with Crippen LogP contribution in [0.15, 0.2) is 60.9 Å². The Kier molecular flexibility index (Phi) is 5.95. The maximum absolute atomic E-state index is 12.6. The van der Waals surface area contributed by atoms with Crippen molar-refractivity contribution in [2.45, 2.75) is 19.4 Å². The first-order valence-corrected chi connectivity index (χ1v) is 10.1. The first-order chi connectivity index (χ1) is 15.0. The molecule has 4 aromatic rings. The van der Waals surface area contributed by atoms with Gasteiger partial charge in [-0.15, -0.1) is 0 Å². The van der Waals surface area contributed by atoms with Crippen molar-refractivity contribution in [3.05, 3.63) is 93.9 Å². The highest BCUT2D eigenvalue weighted by Crippen LogP contribution is 2.20. The summed E-state index contributed by atoms with van der Waals surface area (Å²) in [6.45, 7) is 0.269. The highest BCUT2D eigenvalue weighted by molar-refractivity contribution is 6.31. The van der Waals surface area contributed by atoms with Gasteiger partial charge in [-0.05, 0) is 47.4 Å². The normalized spacial score (nSPS) is 10.9. The monoisotopic (exact) mass is 433 g/mol. The van der Waals surface area contributed by atoms with E-state index in [-0.39, 0.29) is 24.8 Å². The lowest BCUT2D eigenvalue weighted by atomic mass is 10.0. The van der Waals surface area contributed by atoms with E-state index in [1.807, 2.05) is 42.5 Å². The summed E-state index contributed by atoms with van der Waals surface area (Å²) in [6.07, 6.45) is 4.11. The van der Waals surface area contributed by atoms with E-state index in [2.05, 4.69) is 20.5 Å². The molecule has 2 aromatic carbocycles. The summed E-state index contributed by atoms with van der Waals surface area (Å²) in [7, 11) is 0. The van der Waals surface area contributed by atoms with E-state index < -0.39 is 0 Å². The molecule has 0 saturated heterocycles. The summed E-state index contributed by atoms with van der Waals surface area (Å²) in [4.78, 5) is 27.9. The Morgan fingerprint density at radius 2 is 1.77 bits per heavy atom. The second kappa shape index (κ2) is 8.97. The highest BCUT2D eigenvalue weighted by Gasteiger charge is 2.11. The molecule has 7 nitrogen and oxygen atoms in total. The minimum Gasteiger partial charge on any atom is -0.369 e. The van der Waals surface area contributed by atoms with Crippen molar-refractivity contribution in [2.75, 3.05) is 0 Å². The Hall–Kier alpha value is -3.71. The highest BCUT2D eigenvalue weighted by atomic mass is 35.5. The number of primary amides is 1. The third-order valence-electron chi connectivity index (χ3n) is 4.89. The van der Waals surface area contributed by atoms with Gasteiger partial charge in [0.25, 0.3) is 5.91 Å². The molecule has 0 saturated carbocycles. The van der Waals surface area contributed by atoms with Crippen LogP contribution in [0.4, 0.5) is 0 Å². The predicted octanol–water partition coefficient (Wildman–Crippen LogP) is 3.16. The minimum absolute atomic E-state index is 0.217. The number of nitrogens with one attached hydrogen (secondary N) is 2. The van der Waals surface area contributed by atoms with Gasteiger partial charge in [0.05, 0.1) is 29.7 Å². The van der Waals surface area contributed by atoms with Crippen LogP contribution >= 0.6 is 11.6 Å². The molecule has 0 unspecified atom stereocenters. The van der Waals surface area contributed by atoms with Gasteiger partial charge in [0.1, 0.15) is 0 Å². The predicted molar refractivity (Wildman–Crippen MR) is 119 cm³/mol. The molecule has 0 bridgehead atoms. The van der Waals surface area contributed by atoms with Crippen LogP contribution in [0.5, 0.6) is 0 Å². The van der Waals surface area contributed by atoms with E-state index in [0.717, 1.165) is 27.6 Å². The third-order valence-corrected chi connectivity index (χ3v) is 5.12. The Labute approximate surface area is 183 Å². The van der Waals surface area contributed by atoms with Crippen molar-refractivity contribution < 1.29 is 9.59 Å². The maximum Gasteiger partial charge on any atom is 0.253 e. The molecule has 8 heteroatoms. The summed E-state index contributed by atoms with van der Waals surface area (Å²) < 4.78 is 0. The summed E-state index contributed by atoms with van der Waals surface area (Å²) in [5.74, 6) is -0.592. The molecule has 0 spiro atoms. The Morgan fingerprint density at radius 1 is 1.00 bits per heavy atom. The molecule has 4 N–H and O–H groups in total. The molecule has 2 amide bonds. The molecule has 0 aliphatic heterocycles. The van der Waals surface area contributed by atoms with Crippen molar-refractivity contribution in [2.24, 2.45) is 5.73 Å². The zero-order valence-corrected chi connectivity index (χ0v) is 17.3. The van der Waals surface area contributed by atoms with E-state index >= 15 is 0 Å². The summed E-state index contributed by atoms with van der Waals surface area (Å²) in [5, 5.41) is 11.6. The fraction of sp³-hybridized carbons (Fsp3) is 0.130. The zero-order chi connectivity index (χ0) is 21.8. The zero-order valence-electron chi connectivity index (χ0n) is 16.6. The molecular weight excluding hydrogens is 414 g/mol. The molecule has 2 aromatic heterocycles. The number of nitrogens with zero attached hydrogens (tertiary/aromatic N) is 2. The number of amides is 2. The molecule has 2 heterocycles. The van der Waals surface area contributed by atoms with E-state index in [4.69, 9.17) is 17.3 Å². The standard InChI is InChI=1S/C23H20ClN5O2/c24-18-5-6-20-19(10-18)21(29-28-20)13-27-23(31)17-8-16(11-26-12-17)7-14-1-3-15(4-2-14)9-22(25)30/h1-6,8,10-12H,7,9,13H2,(H2,25,30)(H,27,31)(H,28,29). The first kappa shape index (κ1) is 20.6. The number of rotatable bonds is 7. The van der Waals surface area contributed by atoms with Gasteiger partial charge >= 0.3 is 0 Å². The second-order valence-corrected chi connectivity index (χ2v) is 7.70. The van der Waals surface area contributed by atoms with Crippen molar-refractivity contribution in [1.29, 1.82) is 0 Å². The lowest BCUT2D eigenvalue weighted by molar-refractivity contribution is -0.117. The van der Waals surface area contributed by atoms with Crippen molar-refractivity contribution in [3.8, 4) is 0 Å². The fourth-order valence-corrected chi connectivity index (χ4v) is 3.53. The Morgan fingerprint density at radius 3 is 2.55 bits per heavy atom. The van der Waals surface area contributed by atoms with Gasteiger partial charge in [0.15, 0.2) is 0 Å². The van der Waals surface area contributed by atoms with Crippen molar-refractivity contribution in [1.82, 2.24) is 20.5 Å². The van der Waals surface area contributed by atoms with Gasteiger partial charge in [-0.25, -0.2) is 0 Å². The van der Waals surface area contributed by atoms with E-state index in [9.17, 15) is 9.59 Å². The SMILES string of the molecule is NC(=O)Cc1ccc(Cc2cncc(C(=O)NCc3n[nH]c4ccc(Cl)cc34)c2)cc1. The summed E-state index contributed by atoms with van der Waals surface area (Å²) in [5.41, 5.74) is 10.1. The van der Waals surface area contributed by atoms with Crippen molar-refractivity contribution >= 4 is 34.3 Å². The average Bonchev–Trinajstić information content (AvgIpc) is 3.15. The van der Waals surface area contributed by atoms with Crippen LogP contribution in [0.2, 0.25) is 5.02 Å². The molecule has 0 radical (unpaired) electrons. The van der Waals surface area contributed by atoms with Gasteiger partial charge in [-0.2, -0.15) is 5.10 Å². The van der Waals surface area contributed by atoms with Gasteiger partial charge in [-0.1, -0.05) is 35.9 Å². The van der Waals surface area contributed by atoms with Crippen LogP contribution in [-0.2, 0) is 24.2 Å². The Balaban J connectivity index is 1.42. The average molecular weight is 434 g/mol. The topological polar surface area (TPSA) is 114 Å². The van der Waals surface area contributed by atoms with Crippen LogP contribution in [0, 0.1) is 0 Å². The van der Waals surface area contributed by atoms with Crippen molar-refractivity contribution in [3.63, 3.8) is 0 Å². The number of aromatic amines is 1. The molecule has 0 aliphatic carbocycles. The van der Waals surface area contributed by atoms with E-state index in [1.54, 1.807) is 12.3 Å². The molecule has 0 atom stereocenters. The second-order valence-electron chi connectivity index (χ2n) is 7.26. The van der Waals surface area contributed by atoms with Gasteiger partial charge in [0, 0.05) is 22.8 Å². The van der Waals surface area contributed by atoms with E-state index in [0.29, 0.717) is 22.7 Å². The molecule has 0 aliphatic rings. The number of hydrogen-bond donors (Lipinski definition) is 3. The largest absolute Gasteiger partial charge is 0.369 e. The number of benzene rings is 2. The quantitative estimate of drug-likeness (QED) is 0.415. The van der Waals surface area contributed by atoms with Crippen LogP contribution in [-0.4, -0.2) is 27.0 Å². The maximum atomic E-state index is 12.6. The number of halogens is 1.